The Balaban J connectivity index is 2.88. The van der Waals surface area contributed by atoms with Gasteiger partial charge in [0.25, 0.3) is 0 Å². The van der Waals surface area contributed by atoms with Crippen molar-refractivity contribution in [3.8, 4) is 0 Å². The third kappa shape index (κ3) is 3.91. The summed E-state index contributed by atoms with van der Waals surface area (Å²) in [6, 6.07) is 0. The van der Waals surface area contributed by atoms with Crippen LogP contribution in [0.25, 0.3) is 0 Å². The molecule has 1 rings (SSSR count). The molecule has 108 valence electrons. The van der Waals surface area contributed by atoms with Crippen LogP contribution < -0.4 is 16.6 Å². The molecule has 0 aliphatic rings. The first-order valence-corrected chi connectivity index (χ1v) is 5.62. The number of nitrogens with one attached hydrogen (secondary N) is 2. The summed E-state index contributed by atoms with van der Waals surface area (Å²) in [4.78, 5) is 7.61. The molecule has 0 aliphatic carbocycles. The second kappa shape index (κ2) is 6.50. The highest BCUT2D eigenvalue weighted by Crippen LogP contribution is 2.25. The van der Waals surface area contributed by atoms with Crippen LogP contribution in [0.3, 0.4) is 0 Å². The summed E-state index contributed by atoms with van der Waals surface area (Å²) >= 11 is 0. The van der Waals surface area contributed by atoms with Gasteiger partial charge in [0.15, 0.2) is 0 Å². The van der Waals surface area contributed by atoms with E-state index in [0.29, 0.717) is 18.4 Å². The Bertz CT molecular complexity index is 413. The molecule has 0 aliphatic heterocycles. The lowest BCUT2D eigenvalue weighted by Crippen LogP contribution is -2.35. The molecule has 0 radical (unpaired) electrons. The number of alkyl halides is 4. The van der Waals surface area contributed by atoms with Crippen LogP contribution in [0, 0.1) is 0 Å². The van der Waals surface area contributed by atoms with Crippen molar-refractivity contribution in [2.24, 2.45) is 5.84 Å². The van der Waals surface area contributed by atoms with Crippen molar-refractivity contribution >= 4 is 11.6 Å². The van der Waals surface area contributed by atoms with E-state index in [1.54, 1.807) is 0 Å². The van der Waals surface area contributed by atoms with E-state index >= 15 is 0 Å². The van der Waals surface area contributed by atoms with Gasteiger partial charge in [0.2, 0.25) is 0 Å². The third-order valence-corrected chi connectivity index (χ3v) is 2.39. The van der Waals surface area contributed by atoms with Crippen LogP contribution in [0.4, 0.5) is 29.2 Å². The zero-order valence-corrected chi connectivity index (χ0v) is 10.3. The van der Waals surface area contributed by atoms with Crippen LogP contribution in [0.15, 0.2) is 6.33 Å². The zero-order valence-electron chi connectivity index (χ0n) is 10.3. The van der Waals surface area contributed by atoms with Gasteiger partial charge < -0.3 is 10.7 Å². The molecule has 19 heavy (non-hydrogen) atoms. The number of nitrogens with two attached hydrogens (primary N) is 1. The van der Waals surface area contributed by atoms with Gasteiger partial charge in [0.1, 0.15) is 18.0 Å². The monoisotopic (exact) mass is 281 g/mol. The van der Waals surface area contributed by atoms with E-state index in [1.807, 2.05) is 6.92 Å². The molecule has 0 spiro atoms. The van der Waals surface area contributed by atoms with Gasteiger partial charge in [-0.1, -0.05) is 13.3 Å². The quantitative estimate of drug-likeness (QED) is 0.405. The summed E-state index contributed by atoms with van der Waals surface area (Å²) in [5, 5.41) is 2.22. The number of anilines is 2. The molecule has 1 aromatic heterocycles. The average molecular weight is 281 g/mol. The molecule has 5 nitrogen and oxygen atoms in total. The largest absolute Gasteiger partial charge is 0.363 e. The lowest BCUT2D eigenvalue weighted by Gasteiger charge is -2.18. The first-order valence-electron chi connectivity index (χ1n) is 5.62. The third-order valence-electron chi connectivity index (χ3n) is 2.39. The van der Waals surface area contributed by atoms with Crippen LogP contribution in [0.2, 0.25) is 0 Å². The zero-order chi connectivity index (χ0) is 14.5. The molecule has 0 bridgehead atoms. The molecule has 0 unspecified atom stereocenters. The highest BCUT2D eigenvalue weighted by atomic mass is 19.3. The second-order valence-electron chi connectivity index (χ2n) is 3.86. The fourth-order valence-corrected chi connectivity index (χ4v) is 1.45. The van der Waals surface area contributed by atoms with Crippen LogP contribution in [0.1, 0.15) is 18.9 Å². The normalized spacial score (nSPS) is 11.7. The molecule has 0 atom stereocenters. The maximum Gasteiger partial charge on any atom is 0.324 e. The summed E-state index contributed by atoms with van der Waals surface area (Å²) in [6.45, 7) is 0.660. The second-order valence-corrected chi connectivity index (χ2v) is 3.86. The minimum atomic E-state index is -4.12. The van der Waals surface area contributed by atoms with E-state index in [2.05, 4.69) is 20.7 Å². The van der Waals surface area contributed by atoms with Gasteiger partial charge in [0, 0.05) is 5.56 Å². The summed E-state index contributed by atoms with van der Waals surface area (Å²) in [6.07, 6.45) is -1.45. The van der Waals surface area contributed by atoms with Crippen LogP contribution in [-0.4, -0.2) is 28.9 Å². The van der Waals surface area contributed by atoms with Gasteiger partial charge in [-0.25, -0.2) is 24.6 Å². The van der Waals surface area contributed by atoms with Crippen molar-refractivity contribution in [1.82, 2.24) is 9.97 Å². The Kier molecular flexibility index (Phi) is 5.28. The highest BCUT2D eigenvalue weighted by Gasteiger charge is 2.40. The van der Waals surface area contributed by atoms with Gasteiger partial charge in [-0.05, 0) is 6.42 Å². The van der Waals surface area contributed by atoms with Gasteiger partial charge in [-0.15, -0.1) is 0 Å². The first-order chi connectivity index (χ1) is 8.92. The molecule has 0 saturated heterocycles. The number of nitrogen functional groups attached to an aromatic ring is 1. The number of nitrogens with zero attached hydrogens (tertiary/aromatic N) is 2. The number of halogens is 4. The SMILES string of the molecule is CCCc1c(NN)ncnc1NCC(F)(F)C(F)F. The topological polar surface area (TPSA) is 75.9 Å². The maximum absolute atomic E-state index is 12.8. The average Bonchev–Trinajstić information content (AvgIpc) is 2.37. The molecule has 0 aromatic carbocycles. The molecule has 0 fully saturated rings. The van der Waals surface area contributed by atoms with Crippen LogP contribution in [0.5, 0.6) is 0 Å². The lowest BCUT2D eigenvalue weighted by molar-refractivity contribution is -0.117. The van der Waals surface area contributed by atoms with Gasteiger partial charge >= 0.3 is 12.3 Å². The van der Waals surface area contributed by atoms with Crippen molar-refractivity contribution in [1.29, 1.82) is 0 Å². The summed E-state index contributed by atoms with van der Waals surface area (Å²) in [5.41, 5.74) is 2.80. The Morgan fingerprint density at radius 2 is 1.95 bits per heavy atom. The number of hydrazine groups is 1. The number of rotatable bonds is 7. The first kappa shape index (κ1) is 15.4. The molecular formula is C10H15F4N5. The Morgan fingerprint density at radius 1 is 1.32 bits per heavy atom. The molecule has 4 N–H and O–H groups in total. The minimum Gasteiger partial charge on any atom is -0.363 e. The van der Waals surface area contributed by atoms with Gasteiger partial charge in [0.05, 0.1) is 6.54 Å². The van der Waals surface area contributed by atoms with Crippen molar-refractivity contribution in [2.75, 3.05) is 17.3 Å². The van der Waals surface area contributed by atoms with Crippen molar-refractivity contribution in [3.05, 3.63) is 11.9 Å². The van der Waals surface area contributed by atoms with Crippen molar-refractivity contribution in [3.63, 3.8) is 0 Å². The minimum absolute atomic E-state index is 0.0742. The van der Waals surface area contributed by atoms with E-state index in [9.17, 15) is 17.6 Å². The van der Waals surface area contributed by atoms with Gasteiger partial charge in [-0.2, -0.15) is 8.78 Å². The fourth-order valence-electron chi connectivity index (χ4n) is 1.45. The van der Waals surface area contributed by atoms with Crippen molar-refractivity contribution < 1.29 is 17.6 Å². The standard InChI is InChI=1S/C10H15F4N5/c1-2-3-6-7(17-5-18-8(6)19-15)16-4-10(13,14)9(11)12/h5,9H,2-4,15H2,1H3,(H2,16,17,18,19). The molecule has 0 amide bonds. The predicted molar refractivity (Wildman–Crippen MR) is 63.3 cm³/mol. The molecular weight excluding hydrogens is 266 g/mol. The lowest BCUT2D eigenvalue weighted by atomic mass is 10.1. The van der Waals surface area contributed by atoms with E-state index in [0.717, 1.165) is 6.33 Å². The van der Waals surface area contributed by atoms with Gasteiger partial charge in [-0.3, -0.25) is 0 Å². The summed E-state index contributed by atoms with van der Waals surface area (Å²) in [5.74, 6) is 1.48. The molecule has 9 heteroatoms. The summed E-state index contributed by atoms with van der Waals surface area (Å²) < 4.78 is 49.8. The Morgan fingerprint density at radius 3 is 2.47 bits per heavy atom. The fraction of sp³-hybridized carbons (Fsp3) is 0.600. The molecule has 0 saturated carbocycles. The van der Waals surface area contributed by atoms with Crippen LogP contribution in [-0.2, 0) is 6.42 Å². The van der Waals surface area contributed by atoms with Crippen LogP contribution >= 0.6 is 0 Å². The van der Waals surface area contributed by atoms with E-state index in [1.165, 1.54) is 0 Å². The smallest absolute Gasteiger partial charge is 0.324 e. The number of aromatic nitrogens is 2. The predicted octanol–water partition coefficient (Wildman–Crippen LogP) is 2.03. The van der Waals surface area contributed by atoms with E-state index < -0.39 is 18.9 Å². The Hall–Kier alpha value is -1.64. The molecule has 1 aromatic rings. The number of hydrogen-bond acceptors (Lipinski definition) is 5. The van der Waals surface area contributed by atoms with Crippen molar-refractivity contribution in [2.45, 2.75) is 32.1 Å². The number of hydrogen-bond donors (Lipinski definition) is 3. The summed E-state index contributed by atoms with van der Waals surface area (Å²) in [7, 11) is 0. The van der Waals surface area contributed by atoms with E-state index in [-0.39, 0.29) is 11.6 Å². The Labute approximate surface area is 107 Å². The maximum atomic E-state index is 12.8. The molecule has 1 heterocycles. The highest BCUT2D eigenvalue weighted by molar-refractivity contribution is 5.57. The van der Waals surface area contributed by atoms with E-state index in [4.69, 9.17) is 5.84 Å².